The molecule has 1 aliphatic rings. The van der Waals surface area contributed by atoms with E-state index in [2.05, 4.69) is 34.8 Å². The summed E-state index contributed by atoms with van der Waals surface area (Å²) in [5, 5.41) is 0. The Bertz CT molecular complexity index is 438. The van der Waals surface area contributed by atoms with Crippen LogP contribution < -0.4 is 0 Å². The molecule has 0 bridgehead atoms. The number of carbonyl (C=O) groups is 1. The van der Waals surface area contributed by atoms with Gasteiger partial charge in [-0.15, -0.1) is 0 Å². The van der Waals surface area contributed by atoms with Gasteiger partial charge in [-0.25, -0.2) is 0 Å². The van der Waals surface area contributed by atoms with Crippen molar-refractivity contribution in [2.24, 2.45) is 5.92 Å². The summed E-state index contributed by atoms with van der Waals surface area (Å²) in [5.41, 5.74) is 0.797. The Balaban J connectivity index is 1.91. The second-order valence-corrected chi connectivity index (χ2v) is 6.68. The number of hydrogen-bond donors (Lipinski definition) is 0. The lowest BCUT2D eigenvalue weighted by Gasteiger charge is -2.33. The van der Waals surface area contributed by atoms with E-state index < -0.39 is 0 Å². The minimum atomic E-state index is 0.211. The van der Waals surface area contributed by atoms with Crippen LogP contribution in [0.4, 0.5) is 0 Å². The van der Waals surface area contributed by atoms with E-state index in [1.807, 2.05) is 24.3 Å². The van der Waals surface area contributed by atoms with Crippen LogP contribution >= 0.6 is 15.9 Å². The second kappa shape index (κ2) is 6.67. The van der Waals surface area contributed by atoms with Gasteiger partial charge >= 0.3 is 0 Å². The number of ketones is 1. The van der Waals surface area contributed by atoms with Crippen molar-refractivity contribution in [3.05, 3.63) is 34.3 Å². The van der Waals surface area contributed by atoms with Gasteiger partial charge in [0.25, 0.3) is 0 Å². The average molecular weight is 324 g/mol. The van der Waals surface area contributed by atoms with E-state index in [-0.39, 0.29) is 5.78 Å². The largest absolute Gasteiger partial charge is 0.296 e. The Morgan fingerprint density at radius 3 is 2.63 bits per heavy atom. The normalized spacial score (nSPS) is 23.6. The topological polar surface area (TPSA) is 20.3 Å². The van der Waals surface area contributed by atoms with Crippen LogP contribution in [0.1, 0.15) is 43.0 Å². The summed E-state index contributed by atoms with van der Waals surface area (Å²) < 4.78 is 0.965. The zero-order valence-electron chi connectivity index (χ0n) is 11.7. The Hall–Kier alpha value is -0.670. The maximum absolute atomic E-state index is 12.3. The molecule has 2 nitrogen and oxygen atoms in total. The van der Waals surface area contributed by atoms with Crippen molar-refractivity contribution >= 4 is 21.7 Å². The van der Waals surface area contributed by atoms with E-state index in [0.717, 1.165) is 16.0 Å². The molecule has 3 heteroatoms. The summed E-state index contributed by atoms with van der Waals surface area (Å²) in [6.07, 6.45) is 5.03. The molecule has 0 saturated heterocycles. The predicted octanol–water partition coefficient (Wildman–Crippen LogP) is 4.14. The van der Waals surface area contributed by atoms with Gasteiger partial charge in [0.1, 0.15) is 0 Å². The SMILES string of the molecule is CC1CCC(N(C)CC(=O)c2cccc(Br)c2)CC1. The van der Waals surface area contributed by atoms with E-state index in [1.54, 1.807) is 0 Å². The van der Waals surface area contributed by atoms with Crippen LogP contribution in [0.3, 0.4) is 0 Å². The van der Waals surface area contributed by atoms with Gasteiger partial charge in [-0.2, -0.15) is 0 Å². The molecule has 1 aliphatic carbocycles. The van der Waals surface area contributed by atoms with Crippen molar-refractivity contribution < 1.29 is 4.79 Å². The number of carbonyl (C=O) groups excluding carboxylic acids is 1. The highest BCUT2D eigenvalue weighted by Crippen LogP contribution is 2.26. The minimum Gasteiger partial charge on any atom is -0.296 e. The lowest BCUT2D eigenvalue weighted by molar-refractivity contribution is 0.0888. The van der Waals surface area contributed by atoms with Crippen molar-refractivity contribution in [1.29, 1.82) is 0 Å². The molecule has 0 N–H and O–H groups in total. The van der Waals surface area contributed by atoms with Gasteiger partial charge < -0.3 is 0 Å². The molecule has 0 atom stereocenters. The third-order valence-electron chi connectivity index (χ3n) is 4.15. The molecular weight excluding hydrogens is 302 g/mol. The highest BCUT2D eigenvalue weighted by molar-refractivity contribution is 9.10. The highest BCUT2D eigenvalue weighted by Gasteiger charge is 2.23. The first-order valence-corrected chi connectivity index (χ1v) is 7.84. The first kappa shape index (κ1) is 14.7. The Labute approximate surface area is 124 Å². The molecule has 1 saturated carbocycles. The number of halogens is 1. The molecule has 2 rings (SSSR count). The quantitative estimate of drug-likeness (QED) is 0.776. The average Bonchev–Trinajstić information content (AvgIpc) is 2.39. The first-order valence-electron chi connectivity index (χ1n) is 7.05. The molecule has 1 fully saturated rings. The summed E-state index contributed by atoms with van der Waals surface area (Å²) in [6, 6.07) is 8.23. The Morgan fingerprint density at radius 1 is 1.32 bits per heavy atom. The fraction of sp³-hybridized carbons (Fsp3) is 0.562. The van der Waals surface area contributed by atoms with E-state index >= 15 is 0 Å². The van der Waals surface area contributed by atoms with E-state index in [9.17, 15) is 4.79 Å². The zero-order valence-corrected chi connectivity index (χ0v) is 13.3. The van der Waals surface area contributed by atoms with Crippen LogP contribution in [0.25, 0.3) is 0 Å². The van der Waals surface area contributed by atoms with Gasteiger partial charge in [0.05, 0.1) is 6.54 Å². The number of hydrogen-bond acceptors (Lipinski definition) is 2. The molecule has 19 heavy (non-hydrogen) atoms. The lowest BCUT2D eigenvalue weighted by atomic mass is 9.86. The summed E-state index contributed by atoms with van der Waals surface area (Å²) in [7, 11) is 2.08. The summed E-state index contributed by atoms with van der Waals surface area (Å²) in [6.45, 7) is 2.85. The molecule has 1 aromatic rings. The van der Waals surface area contributed by atoms with Gasteiger partial charge in [0, 0.05) is 16.1 Å². The van der Waals surface area contributed by atoms with Crippen molar-refractivity contribution in [3.63, 3.8) is 0 Å². The number of rotatable bonds is 4. The molecule has 0 aromatic heterocycles. The first-order chi connectivity index (χ1) is 9.06. The fourth-order valence-corrected chi connectivity index (χ4v) is 3.19. The van der Waals surface area contributed by atoms with Crippen LogP contribution in [0.2, 0.25) is 0 Å². The van der Waals surface area contributed by atoms with Gasteiger partial charge in [0.15, 0.2) is 5.78 Å². The maximum atomic E-state index is 12.3. The van der Waals surface area contributed by atoms with Gasteiger partial charge in [-0.1, -0.05) is 35.0 Å². The van der Waals surface area contributed by atoms with Gasteiger partial charge in [0.2, 0.25) is 0 Å². The van der Waals surface area contributed by atoms with Crippen LogP contribution in [-0.2, 0) is 0 Å². The molecule has 0 aliphatic heterocycles. The molecule has 0 spiro atoms. The molecule has 0 heterocycles. The van der Waals surface area contributed by atoms with Gasteiger partial charge in [-0.3, -0.25) is 9.69 Å². The van der Waals surface area contributed by atoms with Crippen LogP contribution in [-0.4, -0.2) is 30.3 Å². The Kier molecular flexibility index (Phi) is 5.17. The van der Waals surface area contributed by atoms with E-state index in [1.165, 1.54) is 25.7 Å². The summed E-state index contributed by atoms with van der Waals surface area (Å²) in [5.74, 6) is 1.06. The lowest BCUT2D eigenvalue weighted by Crippen LogP contribution is -2.38. The Morgan fingerprint density at radius 2 is 2.00 bits per heavy atom. The summed E-state index contributed by atoms with van der Waals surface area (Å²) >= 11 is 3.41. The molecule has 1 aromatic carbocycles. The third kappa shape index (κ3) is 4.15. The van der Waals surface area contributed by atoms with Gasteiger partial charge in [-0.05, 0) is 50.8 Å². The smallest absolute Gasteiger partial charge is 0.176 e. The van der Waals surface area contributed by atoms with Crippen molar-refractivity contribution in [2.45, 2.75) is 38.6 Å². The molecule has 0 radical (unpaired) electrons. The highest BCUT2D eigenvalue weighted by atomic mass is 79.9. The number of Topliss-reactive ketones (excluding diaryl/α,β-unsaturated/α-hetero) is 1. The molecule has 104 valence electrons. The van der Waals surface area contributed by atoms with Crippen molar-refractivity contribution in [1.82, 2.24) is 4.90 Å². The van der Waals surface area contributed by atoms with Crippen molar-refractivity contribution in [3.8, 4) is 0 Å². The number of nitrogens with zero attached hydrogens (tertiary/aromatic N) is 1. The maximum Gasteiger partial charge on any atom is 0.176 e. The number of likely N-dealkylation sites (N-methyl/N-ethyl adjacent to an activating group) is 1. The molecule has 0 unspecified atom stereocenters. The monoisotopic (exact) mass is 323 g/mol. The number of benzene rings is 1. The second-order valence-electron chi connectivity index (χ2n) is 5.76. The van der Waals surface area contributed by atoms with Crippen LogP contribution in [0.5, 0.6) is 0 Å². The van der Waals surface area contributed by atoms with Crippen molar-refractivity contribution in [2.75, 3.05) is 13.6 Å². The molecule has 0 amide bonds. The zero-order chi connectivity index (χ0) is 13.8. The minimum absolute atomic E-state index is 0.211. The summed E-state index contributed by atoms with van der Waals surface area (Å²) in [4.78, 5) is 14.5. The van der Waals surface area contributed by atoms with Crippen LogP contribution in [0.15, 0.2) is 28.7 Å². The molecular formula is C16H22BrNO. The standard InChI is InChI=1S/C16H22BrNO/c1-12-6-8-15(9-7-12)18(2)11-16(19)13-4-3-5-14(17)10-13/h3-5,10,12,15H,6-9,11H2,1-2H3. The van der Waals surface area contributed by atoms with E-state index in [4.69, 9.17) is 0 Å². The van der Waals surface area contributed by atoms with E-state index in [0.29, 0.717) is 12.6 Å². The fourth-order valence-electron chi connectivity index (χ4n) is 2.79. The van der Waals surface area contributed by atoms with Crippen LogP contribution in [0, 0.1) is 5.92 Å². The third-order valence-corrected chi connectivity index (χ3v) is 4.64. The predicted molar refractivity (Wildman–Crippen MR) is 82.5 cm³/mol.